The second-order valence-corrected chi connectivity index (χ2v) is 3.59. The largest absolute Gasteiger partial charge is 0.349 e. The maximum atomic E-state index is 10.8. The number of halogens is 1. The van der Waals surface area contributed by atoms with Crippen molar-refractivity contribution in [2.45, 2.75) is 13.5 Å². The summed E-state index contributed by atoms with van der Waals surface area (Å²) in [5.41, 5.74) is 2.68. The van der Waals surface area contributed by atoms with Gasteiger partial charge in [-0.25, -0.2) is 4.98 Å². The molecule has 3 nitrogen and oxygen atoms in total. The standard InChI is InChI=1S/C7H9ClN2OS/c1-5-6(10-4-12-5)3-9-7(11)2-8/h4H,2-3H2,1H3,(H,9,11). The summed E-state index contributed by atoms with van der Waals surface area (Å²) in [7, 11) is 0. The van der Waals surface area contributed by atoms with E-state index in [2.05, 4.69) is 10.3 Å². The first kappa shape index (κ1) is 9.48. The van der Waals surface area contributed by atoms with Crippen LogP contribution in [0.5, 0.6) is 0 Å². The average Bonchev–Trinajstić information content (AvgIpc) is 2.47. The summed E-state index contributed by atoms with van der Waals surface area (Å²) in [5, 5.41) is 2.65. The maximum absolute atomic E-state index is 10.8. The van der Waals surface area contributed by atoms with Gasteiger partial charge in [-0.1, -0.05) is 0 Å². The zero-order chi connectivity index (χ0) is 8.97. The smallest absolute Gasteiger partial charge is 0.235 e. The zero-order valence-corrected chi connectivity index (χ0v) is 8.21. The molecule has 1 rings (SSSR count). The van der Waals surface area contributed by atoms with Crippen LogP contribution in [0, 0.1) is 6.92 Å². The number of aromatic nitrogens is 1. The van der Waals surface area contributed by atoms with Crippen molar-refractivity contribution in [1.29, 1.82) is 0 Å². The second kappa shape index (κ2) is 4.42. The van der Waals surface area contributed by atoms with Gasteiger partial charge in [0.2, 0.25) is 5.91 Å². The minimum Gasteiger partial charge on any atom is -0.349 e. The van der Waals surface area contributed by atoms with E-state index in [0.29, 0.717) is 6.54 Å². The number of hydrogen-bond donors (Lipinski definition) is 1. The lowest BCUT2D eigenvalue weighted by molar-refractivity contribution is -0.118. The first-order chi connectivity index (χ1) is 5.74. The molecule has 0 aliphatic carbocycles. The Hall–Kier alpha value is -0.610. The van der Waals surface area contributed by atoms with Gasteiger partial charge in [0.05, 0.1) is 17.7 Å². The van der Waals surface area contributed by atoms with E-state index < -0.39 is 0 Å². The molecule has 0 aliphatic rings. The van der Waals surface area contributed by atoms with E-state index in [9.17, 15) is 4.79 Å². The Kier molecular flexibility index (Phi) is 3.49. The van der Waals surface area contributed by atoms with Crippen LogP contribution >= 0.6 is 22.9 Å². The highest BCUT2D eigenvalue weighted by Gasteiger charge is 2.02. The van der Waals surface area contributed by atoms with Crippen LogP contribution in [0.15, 0.2) is 5.51 Å². The Morgan fingerprint density at radius 1 is 1.83 bits per heavy atom. The van der Waals surface area contributed by atoms with Gasteiger partial charge >= 0.3 is 0 Å². The molecule has 0 atom stereocenters. The fraction of sp³-hybridized carbons (Fsp3) is 0.429. The minimum atomic E-state index is -0.163. The number of carbonyl (C=O) groups excluding carboxylic acids is 1. The number of rotatable bonds is 3. The molecule has 0 unspecified atom stereocenters. The van der Waals surface area contributed by atoms with Crippen molar-refractivity contribution >= 4 is 28.8 Å². The van der Waals surface area contributed by atoms with Crippen molar-refractivity contribution in [3.05, 3.63) is 16.1 Å². The Balaban J connectivity index is 2.43. The van der Waals surface area contributed by atoms with E-state index in [-0.39, 0.29) is 11.8 Å². The second-order valence-electron chi connectivity index (χ2n) is 2.27. The average molecular weight is 205 g/mol. The third-order valence-electron chi connectivity index (χ3n) is 1.42. The first-order valence-electron chi connectivity index (χ1n) is 3.45. The molecule has 1 aromatic rings. The van der Waals surface area contributed by atoms with Crippen LogP contribution in [0.3, 0.4) is 0 Å². The highest BCUT2D eigenvalue weighted by molar-refractivity contribution is 7.09. The zero-order valence-electron chi connectivity index (χ0n) is 6.63. The molecular formula is C7H9ClN2OS. The monoisotopic (exact) mass is 204 g/mol. The van der Waals surface area contributed by atoms with Gasteiger partial charge in [-0.05, 0) is 6.92 Å². The molecule has 0 bridgehead atoms. The van der Waals surface area contributed by atoms with Crippen LogP contribution in [0.4, 0.5) is 0 Å². The van der Waals surface area contributed by atoms with Crippen LogP contribution in [-0.4, -0.2) is 16.8 Å². The van der Waals surface area contributed by atoms with Crippen LogP contribution in [0.1, 0.15) is 10.6 Å². The lowest BCUT2D eigenvalue weighted by Gasteiger charge is -1.99. The van der Waals surface area contributed by atoms with Crippen molar-refractivity contribution in [1.82, 2.24) is 10.3 Å². The van der Waals surface area contributed by atoms with Gasteiger partial charge in [0.15, 0.2) is 0 Å². The lowest BCUT2D eigenvalue weighted by atomic mass is 10.4. The molecule has 0 fully saturated rings. The third kappa shape index (κ3) is 2.46. The van der Waals surface area contributed by atoms with Gasteiger partial charge in [0.25, 0.3) is 0 Å². The number of amides is 1. The van der Waals surface area contributed by atoms with E-state index in [1.54, 1.807) is 16.8 Å². The fourth-order valence-corrected chi connectivity index (χ4v) is 1.42. The molecule has 12 heavy (non-hydrogen) atoms. The summed E-state index contributed by atoms with van der Waals surface area (Å²) >= 11 is 6.87. The number of thiazole rings is 1. The number of alkyl halides is 1. The topological polar surface area (TPSA) is 42.0 Å². The van der Waals surface area contributed by atoms with Crippen LogP contribution in [0.25, 0.3) is 0 Å². The van der Waals surface area contributed by atoms with Gasteiger partial charge in [-0.3, -0.25) is 4.79 Å². The lowest BCUT2D eigenvalue weighted by Crippen LogP contribution is -2.24. The summed E-state index contributed by atoms with van der Waals surface area (Å²) in [6, 6.07) is 0. The molecule has 1 heterocycles. The Bertz CT molecular complexity index is 274. The van der Waals surface area contributed by atoms with Gasteiger partial charge in [0, 0.05) is 4.88 Å². The predicted molar refractivity (Wildman–Crippen MR) is 49.4 cm³/mol. The van der Waals surface area contributed by atoms with Gasteiger partial charge in [-0.2, -0.15) is 0 Å². The van der Waals surface area contributed by atoms with Gasteiger partial charge in [-0.15, -0.1) is 22.9 Å². The van der Waals surface area contributed by atoms with E-state index in [1.165, 1.54) is 0 Å². The van der Waals surface area contributed by atoms with Crippen molar-refractivity contribution in [3.63, 3.8) is 0 Å². The summed E-state index contributed by atoms with van der Waals surface area (Å²) < 4.78 is 0. The highest BCUT2D eigenvalue weighted by Crippen LogP contribution is 2.10. The normalized spacial score (nSPS) is 9.83. The number of hydrogen-bond acceptors (Lipinski definition) is 3. The Labute approximate surface area is 79.8 Å². The van der Waals surface area contributed by atoms with Crippen molar-refractivity contribution in [3.8, 4) is 0 Å². The first-order valence-corrected chi connectivity index (χ1v) is 4.87. The molecule has 1 aromatic heterocycles. The quantitative estimate of drug-likeness (QED) is 0.755. The van der Waals surface area contributed by atoms with Crippen molar-refractivity contribution in [2.24, 2.45) is 0 Å². The maximum Gasteiger partial charge on any atom is 0.235 e. The fourth-order valence-electron chi connectivity index (χ4n) is 0.728. The van der Waals surface area contributed by atoms with E-state index >= 15 is 0 Å². The summed E-state index contributed by atoms with van der Waals surface area (Å²) in [6.07, 6.45) is 0. The molecular weight excluding hydrogens is 196 g/mol. The number of nitrogens with zero attached hydrogens (tertiary/aromatic N) is 1. The number of nitrogens with one attached hydrogen (secondary N) is 1. The van der Waals surface area contributed by atoms with Crippen LogP contribution in [0.2, 0.25) is 0 Å². The molecule has 0 spiro atoms. The molecule has 5 heteroatoms. The van der Waals surface area contributed by atoms with E-state index in [1.807, 2.05) is 6.92 Å². The SMILES string of the molecule is Cc1scnc1CNC(=O)CCl. The van der Waals surface area contributed by atoms with Crippen LogP contribution in [-0.2, 0) is 11.3 Å². The van der Waals surface area contributed by atoms with Crippen molar-refractivity contribution in [2.75, 3.05) is 5.88 Å². The Morgan fingerprint density at radius 2 is 2.58 bits per heavy atom. The van der Waals surface area contributed by atoms with Gasteiger partial charge in [0.1, 0.15) is 5.88 Å². The summed E-state index contributed by atoms with van der Waals surface area (Å²) in [5.74, 6) is -0.160. The molecule has 0 aromatic carbocycles. The van der Waals surface area contributed by atoms with E-state index in [0.717, 1.165) is 10.6 Å². The number of aryl methyl sites for hydroxylation is 1. The molecule has 1 amide bonds. The predicted octanol–water partition coefficient (Wildman–Crippen LogP) is 1.31. The molecule has 0 saturated carbocycles. The molecule has 0 radical (unpaired) electrons. The Morgan fingerprint density at radius 3 is 3.08 bits per heavy atom. The third-order valence-corrected chi connectivity index (χ3v) is 2.46. The molecule has 0 aliphatic heterocycles. The minimum absolute atomic E-state index is 0.00316. The molecule has 66 valence electrons. The number of carbonyl (C=O) groups is 1. The summed E-state index contributed by atoms with van der Waals surface area (Å²) in [4.78, 5) is 16.0. The molecule has 1 N–H and O–H groups in total. The van der Waals surface area contributed by atoms with Crippen LogP contribution < -0.4 is 5.32 Å². The van der Waals surface area contributed by atoms with Gasteiger partial charge < -0.3 is 5.32 Å². The van der Waals surface area contributed by atoms with Crippen molar-refractivity contribution < 1.29 is 4.79 Å². The van der Waals surface area contributed by atoms with E-state index in [4.69, 9.17) is 11.6 Å². The summed E-state index contributed by atoms with van der Waals surface area (Å²) in [6.45, 7) is 2.45. The molecule has 0 saturated heterocycles. The highest BCUT2D eigenvalue weighted by atomic mass is 35.5.